The Morgan fingerprint density at radius 1 is 1.33 bits per heavy atom. The van der Waals surface area contributed by atoms with Gasteiger partial charge in [-0.1, -0.05) is 38.4 Å². The summed E-state index contributed by atoms with van der Waals surface area (Å²) in [5, 5.41) is 10.2. The molecular formula is C19H25ClN2O5. The number of carbonyl (C=O) groups is 3. The fourth-order valence-corrected chi connectivity index (χ4v) is 4.55. The first-order chi connectivity index (χ1) is 12.5. The lowest BCUT2D eigenvalue weighted by Gasteiger charge is -2.55. The fourth-order valence-electron chi connectivity index (χ4n) is 4.37. The van der Waals surface area contributed by atoms with Crippen LogP contribution in [0.5, 0.6) is 0 Å². The van der Waals surface area contributed by atoms with Gasteiger partial charge in [-0.15, -0.1) is 0 Å². The van der Waals surface area contributed by atoms with E-state index in [1.807, 2.05) is 0 Å². The molecule has 2 amide bonds. The highest BCUT2D eigenvalue weighted by atomic mass is 35.5. The van der Waals surface area contributed by atoms with Crippen molar-refractivity contribution in [3.8, 4) is 0 Å². The molecule has 2 rings (SSSR count). The van der Waals surface area contributed by atoms with Crippen molar-refractivity contribution in [1.29, 1.82) is 0 Å². The summed E-state index contributed by atoms with van der Waals surface area (Å²) in [5.74, 6) is -1.97. The van der Waals surface area contributed by atoms with Crippen molar-refractivity contribution < 1.29 is 24.2 Å². The molecule has 0 saturated carbocycles. The monoisotopic (exact) mass is 396 g/mol. The Balaban J connectivity index is 2.82. The molecule has 1 aromatic carbocycles. The predicted octanol–water partition coefficient (Wildman–Crippen LogP) is 3.25. The number of primary amides is 1. The molecule has 1 aliphatic heterocycles. The molecule has 8 heteroatoms. The van der Waals surface area contributed by atoms with Gasteiger partial charge in [-0.05, 0) is 36.0 Å². The molecule has 2 atom stereocenters. The Hall–Kier alpha value is -2.28. The van der Waals surface area contributed by atoms with Crippen LogP contribution < -0.4 is 5.73 Å². The number of piperidine rings is 1. The molecule has 1 fully saturated rings. The number of ether oxygens (including phenoxy) is 1. The van der Waals surface area contributed by atoms with E-state index in [0.717, 1.165) is 4.90 Å². The van der Waals surface area contributed by atoms with Gasteiger partial charge in [0.2, 0.25) is 5.91 Å². The quantitative estimate of drug-likeness (QED) is 0.762. The predicted molar refractivity (Wildman–Crippen MR) is 101 cm³/mol. The van der Waals surface area contributed by atoms with Gasteiger partial charge < -0.3 is 15.6 Å². The van der Waals surface area contributed by atoms with Crippen LogP contribution in [0.15, 0.2) is 18.2 Å². The molecule has 1 aromatic rings. The van der Waals surface area contributed by atoms with Gasteiger partial charge in [0.05, 0.1) is 12.7 Å². The zero-order chi connectivity index (χ0) is 20.6. The second-order valence-corrected chi connectivity index (χ2v) is 8.17. The summed E-state index contributed by atoms with van der Waals surface area (Å²) < 4.78 is 4.87. The van der Waals surface area contributed by atoms with Crippen molar-refractivity contribution in [3.05, 3.63) is 34.3 Å². The number of carboxylic acid groups (broad SMARTS) is 1. The Labute approximate surface area is 163 Å². The van der Waals surface area contributed by atoms with Crippen LogP contribution in [0.25, 0.3) is 0 Å². The van der Waals surface area contributed by atoms with Gasteiger partial charge in [0.15, 0.2) is 0 Å². The van der Waals surface area contributed by atoms with Gasteiger partial charge in [-0.25, -0.2) is 9.59 Å². The summed E-state index contributed by atoms with van der Waals surface area (Å²) in [5.41, 5.74) is 4.20. The van der Waals surface area contributed by atoms with Gasteiger partial charge in [-0.2, -0.15) is 0 Å². The Morgan fingerprint density at radius 2 is 1.96 bits per heavy atom. The number of hydrogen-bond acceptors (Lipinski definition) is 4. The number of halogens is 1. The van der Waals surface area contributed by atoms with E-state index in [1.165, 1.54) is 13.2 Å². The summed E-state index contributed by atoms with van der Waals surface area (Å²) in [4.78, 5) is 38.3. The van der Waals surface area contributed by atoms with Crippen LogP contribution in [0, 0.1) is 5.41 Å². The molecule has 0 radical (unpaired) electrons. The third kappa shape index (κ3) is 3.36. The number of carbonyl (C=O) groups excluding carboxylic acids is 2. The van der Waals surface area contributed by atoms with Crippen LogP contribution in [0.3, 0.4) is 0 Å². The average molecular weight is 397 g/mol. The van der Waals surface area contributed by atoms with E-state index in [-0.39, 0.29) is 12.1 Å². The van der Waals surface area contributed by atoms with E-state index in [2.05, 4.69) is 0 Å². The van der Waals surface area contributed by atoms with Crippen molar-refractivity contribution >= 4 is 29.6 Å². The highest BCUT2D eigenvalue weighted by Gasteiger charge is 2.60. The molecule has 0 bridgehead atoms. The highest BCUT2D eigenvalue weighted by molar-refractivity contribution is 6.31. The van der Waals surface area contributed by atoms with Crippen molar-refractivity contribution in [1.82, 2.24) is 4.90 Å². The largest absolute Gasteiger partial charge is 0.465 e. The number of esters is 1. The molecule has 2 unspecified atom stereocenters. The van der Waals surface area contributed by atoms with Crippen molar-refractivity contribution in [2.24, 2.45) is 11.1 Å². The Morgan fingerprint density at radius 3 is 2.44 bits per heavy atom. The number of likely N-dealkylation sites (tertiary alicyclic amines) is 1. The molecule has 0 aromatic heterocycles. The van der Waals surface area contributed by atoms with Crippen molar-refractivity contribution in [2.45, 2.75) is 45.1 Å². The lowest BCUT2D eigenvalue weighted by Crippen LogP contribution is -2.70. The molecule has 0 aliphatic carbocycles. The molecule has 3 N–H and O–H groups in total. The lowest BCUT2D eigenvalue weighted by atomic mass is 9.59. The minimum atomic E-state index is -1.53. The maximum absolute atomic E-state index is 12.8. The third-order valence-electron chi connectivity index (χ3n) is 5.35. The van der Waals surface area contributed by atoms with E-state index in [0.29, 0.717) is 23.4 Å². The van der Waals surface area contributed by atoms with Gasteiger partial charge in [-0.3, -0.25) is 9.69 Å². The van der Waals surface area contributed by atoms with E-state index in [9.17, 15) is 19.5 Å². The maximum atomic E-state index is 12.8. The molecule has 7 nitrogen and oxygen atoms in total. The minimum Gasteiger partial charge on any atom is -0.465 e. The summed E-state index contributed by atoms with van der Waals surface area (Å²) >= 11 is 6.06. The van der Waals surface area contributed by atoms with E-state index < -0.39 is 34.8 Å². The van der Waals surface area contributed by atoms with Gasteiger partial charge in [0.1, 0.15) is 5.54 Å². The third-order valence-corrected chi connectivity index (χ3v) is 5.59. The summed E-state index contributed by atoms with van der Waals surface area (Å²) in [6.45, 7) is 5.52. The summed E-state index contributed by atoms with van der Waals surface area (Å²) in [6.07, 6.45) is -0.192. The number of nitrogens with two attached hydrogens (primary N) is 1. The normalized spacial score (nSPS) is 23.0. The Bertz CT molecular complexity index is 774. The zero-order valence-electron chi connectivity index (χ0n) is 15.9. The van der Waals surface area contributed by atoms with Crippen LogP contribution in [0.4, 0.5) is 4.79 Å². The van der Waals surface area contributed by atoms with Crippen LogP contribution in [0.1, 0.15) is 55.5 Å². The van der Waals surface area contributed by atoms with Crippen LogP contribution in [-0.4, -0.2) is 47.2 Å². The van der Waals surface area contributed by atoms with Crippen LogP contribution in [-0.2, 0) is 9.53 Å². The second-order valence-electron chi connectivity index (χ2n) is 7.73. The first-order valence-electron chi connectivity index (χ1n) is 8.66. The van der Waals surface area contributed by atoms with Crippen LogP contribution in [0.2, 0.25) is 5.02 Å². The van der Waals surface area contributed by atoms with Gasteiger partial charge in [0.25, 0.3) is 0 Å². The number of nitrogens with zero attached hydrogens (tertiary/aromatic N) is 1. The number of methoxy groups -OCH3 is 1. The number of amides is 2. The second kappa shape index (κ2) is 7.38. The van der Waals surface area contributed by atoms with Gasteiger partial charge >= 0.3 is 12.1 Å². The molecule has 1 aliphatic rings. The zero-order valence-corrected chi connectivity index (χ0v) is 16.7. The van der Waals surface area contributed by atoms with Crippen LogP contribution >= 0.6 is 11.6 Å². The molecule has 0 spiro atoms. The lowest BCUT2D eigenvalue weighted by molar-refractivity contribution is -0.142. The standard InChI is InChI=1S/C19H25ClN2O5/c1-18(2,3)19(16(21)24)14(6-5-9-22(19)17(25)26)12-8-7-11(20)10-13(12)15(23)27-4/h7-8,10,14H,5-6,9H2,1-4H3,(H2,21,24)(H,25,26). The first-order valence-corrected chi connectivity index (χ1v) is 9.04. The van der Waals surface area contributed by atoms with Crippen molar-refractivity contribution in [3.63, 3.8) is 0 Å². The van der Waals surface area contributed by atoms with E-state index in [4.69, 9.17) is 22.1 Å². The number of hydrogen-bond donors (Lipinski definition) is 2. The topological polar surface area (TPSA) is 110 Å². The smallest absolute Gasteiger partial charge is 0.408 e. The molecule has 1 heterocycles. The Kier molecular flexibility index (Phi) is 5.75. The molecule has 1 saturated heterocycles. The fraction of sp³-hybridized carbons (Fsp3) is 0.526. The first kappa shape index (κ1) is 21.0. The number of benzene rings is 1. The molecule has 27 heavy (non-hydrogen) atoms. The average Bonchev–Trinajstić information content (AvgIpc) is 2.58. The number of rotatable bonds is 3. The van der Waals surface area contributed by atoms with E-state index >= 15 is 0 Å². The van der Waals surface area contributed by atoms with E-state index in [1.54, 1.807) is 32.9 Å². The van der Waals surface area contributed by atoms with Crippen molar-refractivity contribution in [2.75, 3.05) is 13.7 Å². The molecule has 148 valence electrons. The summed E-state index contributed by atoms with van der Waals surface area (Å²) in [6, 6.07) is 4.72. The maximum Gasteiger partial charge on any atom is 0.408 e. The summed E-state index contributed by atoms with van der Waals surface area (Å²) in [7, 11) is 1.25. The molecular weight excluding hydrogens is 372 g/mol. The highest BCUT2D eigenvalue weighted by Crippen LogP contribution is 2.51. The minimum absolute atomic E-state index is 0.188. The SMILES string of the molecule is COC(=O)c1cc(Cl)ccc1C1CCCN(C(=O)O)C1(C(N)=O)C(C)(C)C. The van der Waals surface area contributed by atoms with Gasteiger partial charge in [0, 0.05) is 17.5 Å².